The fourth-order valence-corrected chi connectivity index (χ4v) is 5.07. The van der Waals surface area contributed by atoms with Crippen molar-refractivity contribution in [3.8, 4) is 0 Å². The van der Waals surface area contributed by atoms with E-state index in [9.17, 15) is 19.2 Å². The van der Waals surface area contributed by atoms with Gasteiger partial charge >= 0.3 is 0 Å². The molecule has 2 heterocycles. The van der Waals surface area contributed by atoms with E-state index in [1.807, 2.05) is 6.07 Å². The minimum Gasteiger partial charge on any atom is -0.274 e. The maximum Gasteiger partial charge on any atom is 0.279 e. The largest absolute Gasteiger partial charge is 0.279 e. The molecule has 0 saturated carbocycles. The van der Waals surface area contributed by atoms with Crippen molar-refractivity contribution in [1.82, 2.24) is 15.8 Å². The molecule has 1 aliphatic carbocycles. The Hall–Kier alpha value is -2.52. The maximum absolute atomic E-state index is 12.4. The Bertz CT molecular complexity index is 1010. The third-order valence-corrected chi connectivity index (χ3v) is 6.73. The first-order valence-electron chi connectivity index (χ1n) is 9.30. The molecule has 1 aromatic carbocycles. The number of amides is 4. The fourth-order valence-electron chi connectivity index (χ4n) is 3.56. The number of fused-ring (bicyclic) bond motifs is 2. The lowest BCUT2D eigenvalue weighted by atomic mass is 10.1. The number of hydrazine groups is 1. The zero-order valence-electron chi connectivity index (χ0n) is 15.4. The van der Waals surface area contributed by atoms with Crippen molar-refractivity contribution in [2.24, 2.45) is 0 Å². The highest BCUT2D eigenvalue weighted by Gasteiger charge is 2.35. The molecule has 1 aromatic heterocycles. The van der Waals surface area contributed by atoms with Gasteiger partial charge in [-0.2, -0.15) is 0 Å². The Morgan fingerprint density at radius 2 is 1.86 bits per heavy atom. The molecule has 150 valence electrons. The number of hydrogen-bond donors (Lipinski definition) is 2. The lowest BCUT2D eigenvalue weighted by Crippen LogP contribution is -2.41. The van der Waals surface area contributed by atoms with Crippen molar-refractivity contribution in [2.75, 3.05) is 6.54 Å². The molecule has 0 saturated heterocycles. The summed E-state index contributed by atoms with van der Waals surface area (Å²) in [4.78, 5) is 51.9. The summed E-state index contributed by atoms with van der Waals surface area (Å²) in [6, 6.07) is 6.83. The van der Waals surface area contributed by atoms with Crippen molar-refractivity contribution in [1.29, 1.82) is 0 Å². The summed E-state index contributed by atoms with van der Waals surface area (Å²) in [6.45, 7) is 0.142. The van der Waals surface area contributed by atoms with Crippen LogP contribution in [0, 0.1) is 0 Å². The number of aryl methyl sites for hydroxylation is 2. The van der Waals surface area contributed by atoms with Gasteiger partial charge in [-0.25, -0.2) is 0 Å². The quantitative estimate of drug-likeness (QED) is 0.513. The first-order valence-corrected chi connectivity index (χ1v) is 10.9. The normalized spacial score (nSPS) is 14.7. The summed E-state index contributed by atoms with van der Waals surface area (Å²) < 4.78 is 0.727. The third kappa shape index (κ3) is 3.97. The van der Waals surface area contributed by atoms with Gasteiger partial charge in [0.15, 0.2) is 0 Å². The SMILES string of the molecule is O=C(CCCN1C(=O)c2ccc(Br)cc2C1=O)NNC(=O)c1cc2c(s1)CCC2. The molecule has 7 nitrogen and oxygen atoms in total. The summed E-state index contributed by atoms with van der Waals surface area (Å²) in [5.74, 6) is -1.41. The first-order chi connectivity index (χ1) is 13.9. The van der Waals surface area contributed by atoms with Gasteiger partial charge in [0, 0.05) is 22.3 Å². The zero-order chi connectivity index (χ0) is 20.5. The molecule has 9 heteroatoms. The van der Waals surface area contributed by atoms with Crippen LogP contribution < -0.4 is 10.9 Å². The van der Waals surface area contributed by atoms with E-state index in [1.165, 1.54) is 21.8 Å². The van der Waals surface area contributed by atoms with Crippen LogP contribution in [0.25, 0.3) is 0 Å². The van der Waals surface area contributed by atoms with Crippen LogP contribution in [0.15, 0.2) is 28.7 Å². The predicted octanol–water partition coefficient (Wildman–Crippen LogP) is 2.84. The summed E-state index contributed by atoms with van der Waals surface area (Å²) in [6.07, 6.45) is 3.53. The Morgan fingerprint density at radius 3 is 2.66 bits per heavy atom. The summed E-state index contributed by atoms with van der Waals surface area (Å²) >= 11 is 4.76. The van der Waals surface area contributed by atoms with E-state index in [2.05, 4.69) is 26.8 Å². The number of thiophene rings is 1. The molecule has 0 bridgehead atoms. The van der Waals surface area contributed by atoms with Gasteiger partial charge in [-0.1, -0.05) is 15.9 Å². The van der Waals surface area contributed by atoms with E-state index < -0.39 is 0 Å². The molecule has 1 aliphatic heterocycles. The standard InChI is InChI=1S/C20H18BrN3O4S/c21-12-6-7-13-14(10-12)20(28)24(19(13)27)8-2-5-17(25)22-23-18(26)16-9-11-3-1-4-15(11)29-16/h6-7,9-10H,1-5,8H2,(H,22,25)(H,23,26). The second-order valence-electron chi connectivity index (χ2n) is 6.97. The molecule has 2 N–H and O–H groups in total. The second kappa shape index (κ2) is 8.08. The third-order valence-electron chi connectivity index (χ3n) is 5.00. The number of halogens is 1. The number of nitrogens with one attached hydrogen (secondary N) is 2. The molecule has 2 aliphatic rings. The topological polar surface area (TPSA) is 95.6 Å². The molecule has 0 spiro atoms. The summed E-state index contributed by atoms with van der Waals surface area (Å²) in [5.41, 5.74) is 6.77. The van der Waals surface area contributed by atoms with Crippen molar-refractivity contribution >= 4 is 50.9 Å². The van der Waals surface area contributed by atoms with Gasteiger partial charge in [0.05, 0.1) is 16.0 Å². The van der Waals surface area contributed by atoms with Crippen LogP contribution in [0.2, 0.25) is 0 Å². The number of benzene rings is 1. The first kappa shape index (κ1) is 19.8. The smallest absolute Gasteiger partial charge is 0.274 e. The van der Waals surface area contributed by atoms with Gasteiger partial charge in [-0.3, -0.25) is 34.9 Å². The molecule has 4 rings (SSSR count). The van der Waals surface area contributed by atoms with Crippen molar-refractivity contribution in [3.63, 3.8) is 0 Å². The van der Waals surface area contributed by atoms with Crippen LogP contribution in [-0.2, 0) is 17.6 Å². The Kier molecular flexibility index (Phi) is 5.51. The molecule has 0 unspecified atom stereocenters. The maximum atomic E-state index is 12.4. The number of carbonyl (C=O) groups is 4. The molecule has 4 amide bonds. The van der Waals surface area contributed by atoms with Crippen LogP contribution in [0.5, 0.6) is 0 Å². The van der Waals surface area contributed by atoms with Crippen LogP contribution in [0.1, 0.15) is 60.1 Å². The van der Waals surface area contributed by atoms with Crippen molar-refractivity contribution in [3.05, 3.63) is 55.2 Å². The number of carbonyl (C=O) groups excluding carboxylic acids is 4. The van der Waals surface area contributed by atoms with Gasteiger partial charge in [0.2, 0.25) is 5.91 Å². The molecular weight excluding hydrogens is 458 g/mol. The van der Waals surface area contributed by atoms with Crippen molar-refractivity contribution in [2.45, 2.75) is 32.1 Å². The minimum atomic E-state index is -0.373. The van der Waals surface area contributed by atoms with Gasteiger partial charge in [0.1, 0.15) is 0 Å². The van der Waals surface area contributed by atoms with E-state index in [-0.39, 0.29) is 36.6 Å². The van der Waals surface area contributed by atoms with Gasteiger partial charge in [-0.05, 0) is 55.5 Å². The number of imide groups is 1. The van der Waals surface area contributed by atoms with Crippen LogP contribution >= 0.6 is 27.3 Å². The molecule has 2 aromatic rings. The van der Waals surface area contributed by atoms with E-state index >= 15 is 0 Å². The Balaban J connectivity index is 1.23. The minimum absolute atomic E-state index is 0.0817. The average Bonchev–Trinajstić information content (AvgIpc) is 3.35. The number of hydrogen-bond acceptors (Lipinski definition) is 5. The van der Waals surface area contributed by atoms with E-state index in [0.29, 0.717) is 22.4 Å². The predicted molar refractivity (Wildman–Crippen MR) is 111 cm³/mol. The van der Waals surface area contributed by atoms with Crippen LogP contribution in [0.3, 0.4) is 0 Å². The van der Waals surface area contributed by atoms with E-state index in [4.69, 9.17) is 0 Å². The Morgan fingerprint density at radius 1 is 1.07 bits per heavy atom. The van der Waals surface area contributed by atoms with Gasteiger partial charge < -0.3 is 0 Å². The highest BCUT2D eigenvalue weighted by atomic mass is 79.9. The summed E-state index contributed by atoms with van der Waals surface area (Å²) in [7, 11) is 0. The lowest BCUT2D eigenvalue weighted by molar-refractivity contribution is -0.122. The van der Waals surface area contributed by atoms with Gasteiger partial charge in [-0.15, -0.1) is 11.3 Å². The van der Waals surface area contributed by atoms with Crippen molar-refractivity contribution < 1.29 is 19.2 Å². The average molecular weight is 476 g/mol. The highest BCUT2D eigenvalue weighted by Crippen LogP contribution is 2.30. The second-order valence-corrected chi connectivity index (χ2v) is 9.02. The molecule has 0 radical (unpaired) electrons. The fraction of sp³-hybridized carbons (Fsp3) is 0.300. The van der Waals surface area contributed by atoms with E-state index in [1.54, 1.807) is 18.2 Å². The molecule has 0 atom stereocenters. The van der Waals surface area contributed by atoms with Crippen LogP contribution in [0.4, 0.5) is 0 Å². The zero-order valence-corrected chi connectivity index (χ0v) is 17.8. The van der Waals surface area contributed by atoms with Crippen LogP contribution in [-0.4, -0.2) is 35.1 Å². The highest BCUT2D eigenvalue weighted by molar-refractivity contribution is 9.10. The molecular formula is C20H18BrN3O4S. The number of rotatable bonds is 5. The van der Waals surface area contributed by atoms with Gasteiger partial charge in [0.25, 0.3) is 17.7 Å². The summed E-state index contributed by atoms with van der Waals surface area (Å²) in [5, 5.41) is 0. The molecule has 0 fully saturated rings. The number of nitrogens with zero attached hydrogens (tertiary/aromatic N) is 1. The molecule has 29 heavy (non-hydrogen) atoms. The monoisotopic (exact) mass is 475 g/mol. The Labute approximate surface area is 179 Å². The lowest BCUT2D eigenvalue weighted by Gasteiger charge is -2.13. The van der Waals surface area contributed by atoms with E-state index in [0.717, 1.165) is 28.6 Å².